The van der Waals surface area contributed by atoms with Crippen LogP contribution in [0, 0.1) is 5.92 Å². The van der Waals surface area contributed by atoms with E-state index in [0.29, 0.717) is 27.8 Å². The van der Waals surface area contributed by atoms with Crippen molar-refractivity contribution in [2.24, 2.45) is 5.92 Å². The Hall–Kier alpha value is -1.63. The SMILES string of the molecule is COc1cncc(C(NC(=O)c2ccc(Cl)s2)C2CC(O)C2)c1. The van der Waals surface area contributed by atoms with Crippen molar-refractivity contribution in [3.05, 3.63) is 45.4 Å². The molecule has 1 saturated carbocycles. The number of amides is 1. The summed E-state index contributed by atoms with van der Waals surface area (Å²) >= 11 is 7.14. The third-order valence-corrected chi connectivity index (χ3v) is 5.26. The monoisotopic (exact) mass is 352 g/mol. The number of aliphatic hydroxyl groups excluding tert-OH is 1. The number of pyridine rings is 1. The second kappa shape index (κ2) is 6.86. The van der Waals surface area contributed by atoms with E-state index in [4.69, 9.17) is 16.3 Å². The molecule has 0 aromatic carbocycles. The Balaban J connectivity index is 1.82. The number of thiophene rings is 1. The molecule has 1 aliphatic carbocycles. The largest absolute Gasteiger partial charge is 0.495 e. The van der Waals surface area contributed by atoms with E-state index in [1.165, 1.54) is 11.3 Å². The van der Waals surface area contributed by atoms with Crippen molar-refractivity contribution in [3.63, 3.8) is 0 Å². The highest BCUT2D eigenvalue weighted by Gasteiger charge is 2.36. The number of hydrogen-bond acceptors (Lipinski definition) is 5. The van der Waals surface area contributed by atoms with Crippen molar-refractivity contribution in [1.29, 1.82) is 0 Å². The van der Waals surface area contributed by atoms with Crippen LogP contribution in [0.2, 0.25) is 4.34 Å². The molecule has 5 nitrogen and oxygen atoms in total. The van der Waals surface area contributed by atoms with Crippen LogP contribution in [0.4, 0.5) is 0 Å². The first-order valence-electron chi connectivity index (χ1n) is 7.30. The van der Waals surface area contributed by atoms with Gasteiger partial charge in [0.05, 0.1) is 34.7 Å². The molecule has 1 atom stereocenters. The molecule has 1 unspecified atom stereocenters. The van der Waals surface area contributed by atoms with Gasteiger partial charge in [-0.3, -0.25) is 9.78 Å². The van der Waals surface area contributed by atoms with Crippen LogP contribution in [-0.4, -0.2) is 29.2 Å². The Morgan fingerprint density at radius 2 is 2.26 bits per heavy atom. The normalized spacial score (nSPS) is 21.3. The van der Waals surface area contributed by atoms with Crippen LogP contribution in [0.3, 0.4) is 0 Å². The van der Waals surface area contributed by atoms with Gasteiger partial charge in [0, 0.05) is 6.20 Å². The summed E-state index contributed by atoms with van der Waals surface area (Å²) in [5.74, 6) is 0.648. The van der Waals surface area contributed by atoms with Crippen molar-refractivity contribution < 1.29 is 14.6 Å². The standard InChI is InChI=1S/C16H17ClN2O3S/c1-22-12-6-10(7-18-8-12)15(9-4-11(20)5-9)19-16(21)13-2-3-14(17)23-13/h2-3,6-9,11,15,20H,4-5H2,1H3,(H,19,21). The number of ether oxygens (including phenoxy) is 1. The molecule has 1 aliphatic rings. The molecule has 0 radical (unpaired) electrons. The van der Waals surface area contributed by atoms with Gasteiger partial charge in [-0.2, -0.15) is 0 Å². The molecule has 1 fully saturated rings. The maximum Gasteiger partial charge on any atom is 0.261 e. The second-order valence-electron chi connectivity index (χ2n) is 5.60. The maximum atomic E-state index is 12.4. The summed E-state index contributed by atoms with van der Waals surface area (Å²) in [6.07, 6.45) is 4.37. The van der Waals surface area contributed by atoms with E-state index in [2.05, 4.69) is 10.3 Å². The summed E-state index contributed by atoms with van der Waals surface area (Å²) < 4.78 is 5.79. The summed E-state index contributed by atoms with van der Waals surface area (Å²) in [5.41, 5.74) is 0.872. The highest BCUT2D eigenvalue weighted by Crippen LogP contribution is 2.39. The van der Waals surface area contributed by atoms with Gasteiger partial charge in [0.25, 0.3) is 5.91 Å². The highest BCUT2D eigenvalue weighted by atomic mass is 35.5. The third kappa shape index (κ3) is 3.65. The van der Waals surface area contributed by atoms with Gasteiger partial charge in [-0.25, -0.2) is 0 Å². The number of nitrogens with one attached hydrogen (secondary N) is 1. The smallest absolute Gasteiger partial charge is 0.261 e. The van der Waals surface area contributed by atoms with Crippen molar-refractivity contribution in [3.8, 4) is 5.75 Å². The number of nitrogens with zero attached hydrogens (tertiary/aromatic N) is 1. The molecule has 0 bridgehead atoms. The first-order valence-corrected chi connectivity index (χ1v) is 8.49. The van der Waals surface area contributed by atoms with Crippen LogP contribution in [0.25, 0.3) is 0 Å². The molecule has 2 heterocycles. The number of hydrogen-bond donors (Lipinski definition) is 2. The van der Waals surface area contributed by atoms with E-state index in [9.17, 15) is 9.90 Å². The zero-order valence-corrected chi connectivity index (χ0v) is 14.1. The van der Waals surface area contributed by atoms with Gasteiger partial charge in [-0.05, 0) is 42.5 Å². The third-order valence-electron chi connectivity index (χ3n) is 4.03. The van der Waals surface area contributed by atoms with Gasteiger partial charge in [-0.1, -0.05) is 11.6 Å². The Morgan fingerprint density at radius 1 is 1.48 bits per heavy atom. The van der Waals surface area contributed by atoms with Crippen LogP contribution < -0.4 is 10.1 Å². The van der Waals surface area contributed by atoms with Gasteiger partial charge in [0.2, 0.25) is 0 Å². The Labute approximate surface area is 143 Å². The van der Waals surface area contributed by atoms with E-state index in [-0.39, 0.29) is 24.0 Å². The molecular formula is C16H17ClN2O3S. The summed E-state index contributed by atoms with van der Waals surface area (Å²) in [6, 6.07) is 5.06. The van der Waals surface area contributed by atoms with E-state index < -0.39 is 0 Å². The number of carbonyl (C=O) groups is 1. The molecule has 3 rings (SSSR count). The van der Waals surface area contributed by atoms with Crippen LogP contribution in [-0.2, 0) is 0 Å². The molecule has 7 heteroatoms. The molecule has 0 saturated heterocycles. The Bertz CT molecular complexity index is 700. The lowest BCUT2D eigenvalue weighted by Gasteiger charge is -2.38. The topological polar surface area (TPSA) is 71.5 Å². The number of aromatic nitrogens is 1. The molecular weight excluding hydrogens is 336 g/mol. The number of aliphatic hydroxyl groups is 1. The summed E-state index contributed by atoms with van der Waals surface area (Å²) in [7, 11) is 1.58. The van der Waals surface area contributed by atoms with Crippen molar-refractivity contribution in [2.75, 3.05) is 7.11 Å². The fourth-order valence-corrected chi connectivity index (χ4v) is 3.69. The summed E-state index contributed by atoms with van der Waals surface area (Å²) in [5, 5.41) is 12.6. The molecule has 23 heavy (non-hydrogen) atoms. The van der Waals surface area contributed by atoms with Gasteiger partial charge in [0.1, 0.15) is 5.75 Å². The molecule has 122 valence electrons. The van der Waals surface area contributed by atoms with Crippen LogP contribution >= 0.6 is 22.9 Å². The molecule has 0 spiro atoms. The van der Waals surface area contributed by atoms with Gasteiger partial charge in [0.15, 0.2) is 0 Å². The minimum atomic E-state index is -0.297. The fraction of sp³-hybridized carbons (Fsp3) is 0.375. The average Bonchev–Trinajstić information content (AvgIpc) is 2.96. The molecule has 2 N–H and O–H groups in total. The first-order chi connectivity index (χ1) is 11.1. The van der Waals surface area contributed by atoms with Gasteiger partial charge < -0.3 is 15.2 Å². The minimum Gasteiger partial charge on any atom is -0.495 e. The van der Waals surface area contributed by atoms with E-state index in [1.54, 1.807) is 31.6 Å². The molecule has 1 amide bonds. The highest BCUT2D eigenvalue weighted by molar-refractivity contribution is 7.17. The van der Waals surface area contributed by atoms with E-state index in [0.717, 1.165) is 5.56 Å². The van der Waals surface area contributed by atoms with Gasteiger partial charge in [-0.15, -0.1) is 11.3 Å². The lowest BCUT2D eigenvalue weighted by molar-refractivity contribution is 0.0235. The number of halogens is 1. The lowest BCUT2D eigenvalue weighted by Crippen LogP contribution is -2.41. The predicted octanol–water partition coefficient (Wildman–Crippen LogP) is 3.05. The lowest BCUT2D eigenvalue weighted by atomic mass is 9.75. The van der Waals surface area contributed by atoms with Crippen molar-refractivity contribution in [1.82, 2.24) is 10.3 Å². The molecule has 0 aliphatic heterocycles. The predicted molar refractivity (Wildman–Crippen MR) is 89.1 cm³/mol. The second-order valence-corrected chi connectivity index (χ2v) is 7.31. The van der Waals surface area contributed by atoms with Crippen molar-refractivity contribution in [2.45, 2.75) is 25.0 Å². The minimum absolute atomic E-state index is 0.170. The zero-order valence-electron chi connectivity index (χ0n) is 12.5. The molecule has 2 aromatic heterocycles. The van der Waals surface area contributed by atoms with Gasteiger partial charge >= 0.3 is 0 Å². The summed E-state index contributed by atoms with van der Waals surface area (Å²) in [4.78, 5) is 17.2. The van der Waals surface area contributed by atoms with Crippen LogP contribution in [0.1, 0.15) is 34.1 Å². The quantitative estimate of drug-likeness (QED) is 0.867. The number of rotatable bonds is 5. The van der Waals surface area contributed by atoms with E-state index in [1.807, 2.05) is 6.07 Å². The fourth-order valence-electron chi connectivity index (χ4n) is 2.74. The molecule has 2 aromatic rings. The maximum absolute atomic E-state index is 12.4. The van der Waals surface area contributed by atoms with E-state index >= 15 is 0 Å². The van der Waals surface area contributed by atoms with Crippen LogP contribution in [0.15, 0.2) is 30.6 Å². The number of carbonyl (C=O) groups excluding carboxylic acids is 1. The zero-order chi connectivity index (χ0) is 16.4. The Kier molecular flexibility index (Phi) is 4.84. The Morgan fingerprint density at radius 3 is 2.87 bits per heavy atom. The van der Waals surface area contributed by atoms with Crippen LogP contribution in [0.5, 0.6) is 5.75 Å². The average molecular weight is 353 g/mol. The van der Waals surface area contributed by atoms with Crippen molar-refractivity contribution >= 4 is 28.8 Å². The summed E-state index contributed by atoms with van der Waals surface area (Å²) in [6.45, 7) is 0. The number of methoxy groups -OCH3 is 1. The first kappa shape index (κ1) is 16.2.